The first-order valence-electron chi connectivity index (χ1n) is 12.9. The molecule has 1 aromatic heterocycles. The summed E-state index contributed by atoms with van der Waals surface area (Å²) in [6, 6.07) is 7.57. The molecule has 6 heteroatoms. The topological polar surface area (TPSA) is 38.2 Å². The summed E-state index contributed by atoms with van der Waals surface area (Å²) < 4.78 is 37.3. The molecular formula is C27H37F2N3O. The Morgan fingerprint density at radius 2 is 1.88 bits per heavy atom. The SMILES string of the molecule is CC[C@H]1C(C)N(C)C[C@@H]1Oc1nc2ccccc2nc1C(F)(F)CCCCC1CCC2CC12. The minimum absolute atomic E-state index is 0.0151. The summed E-state index contributed by atoms with van der Waals surface area (Å²) in [7, 11) is 2.06. The first-order chi connectivity index (χ1) is 15.9. The number of hydrogen-bond acceptors (Lipinski definition) is 4. The molecule has 4 unspecified atom stereocenters. The fraction of sp³-hybridized carbons (Fsp3) is 0.704. The summed E-state index contributed by atoms with van der Waals surface area (Å²) in [6.45, 7) is 5.02. The van der Waals surface area contributed by atoms with Gasteiger partial charge in [0.2, 0.25) is 5.88 Å². The van der Waals surface area contributed by atoms with Crippen LogP contribution in [-0.4, -0.2) is 40.6 Å². The summed E-state index contributed by atoms with van der Waals surface area (Å²) in [5, 5.41) is 0. The Bertz CT molecular complexity index is 983. The molecule has 5 rings (SSSR count). The van der Waals surface area contributed by atoms with Gasteiger partial charge in [-0.25, -0.2) is 9.97 Å². The molecule has 0 spiro atoms. The summed E-state index contributed by atoms with van der Waals surface area (Å²) in [4.78, 5) is 11.2. The maximum Gasteiger partial charge on any atom is 0.295 e. The molecule has 6 atom stereocenters. The number of likely N-dealkylation sites (N-methyl/N-ethyl adjacent to an activating group) is 1. The van der Waals surface area contributed by atoms with Gasteiger partial charge in [-0.3, -0.25) is 4.90 Å². The van der Waals surface area contributed by atoms with E-state index in [1.54, 1.807) is 6.07 Å². The molecule has 1 saturated heterocycles. The van der Waals surface area contributed by atoms with Crippen LogP contribution in [0, 0.1) is 23.7 Å². The molecule has 1 aliphatic heterocycles. The Morgan fingerprint density at radius 3 is 2.55 bits per heavy atom. The first-order valence-corrected chi connectivity index (χ1v) is 12.9. The highest BCUT2D eigenvalue weighted by Gasteiger charge is 2.47. The van der Waals surface area contributed by atoms with Crippen molar-refractivity contribution < 1.29 is 13.5 Å². The van der Waals surface area contributed by atoms with Crippen LogP contribution in [0.25, 0.3) is 11.0 Å². The van der Waals surface area contributed by atoms with E-state index in [4.69, 9.17) is 4.74 Å². The normalized spacial score (nSPS) is 31.8. The number of para-hydroxylation sites is 2. The predicted octanol–water partition coefficient (Wildman–Crippen LogP) is 6.44. The fourth-order valence-corrected chi connectivity index (χ4v) is 6.45. The lowest BCUT2D eigenvalue weighted by atomic mass is 9.95. The van der Waals surface area contributed by atoms with Crippen molar-refractivity contribution >= 4 is 11.0 Å². The number of alkyl halides is 2. The monoisotopic (exact) mass is 457 g/mol. The summed E-state index contributed by atoms with van der Waals surface area (Å²) >= 11 is 0. The lowest BCUT2D eigenvalue weighted by molar-refractivity contribution is -0.0249. The minimum Gasteiger partial charge on any atom is -0.471 e. The number of ether oxygens (including phenoxy) is 1. The largest absolute Gasteiger partial charge is 0.471 e. The number of unbranched alkanes of at least 4 members (excludes halogenated alkanes) is 1. The highest BCUT2D eigenvalue weighted by Crippen LogP contribution is 2.56. The highest BCUT2D eigenvalue weighted by molar-refractivity contribution is 5.74. The van der Waals surface area contributed by atoms with Crippen molar-refractivity contribution in [1.82, 2.24) is 14.9 Å². The molecular weight excluding hydrogens is 420 g/mol. The van der Waals surface area contributed by atoms with E-state index in [1.165, 1.54) is 19.3 Å². The molecule has 3 aliphatic rings. The lowest BCUT2D eigenvalue weighted by Gasteiger charge is -2.24. The number of halogens is 2. The van der Waals surface area contributed by atoms with Crippen LogP contribution < -0.4 is 4.74 Å². The van der Waals surface area contributed by atoms with Crippen molar-refractivity contribution in [2.24, 2.45) is 23.7 Å². The predicted molar refractivity (Wildman–Crippen MR) is 127 cm³/mol. The van der Waals surface area contributed by atoms with E-state index in [9.17, 15) is 0 Å². The molecule has 0 amide bonds. The molecule has 2 aromatic rings. The van der Waals surface area contributed by atoms with Crippen molar-refractivity contribution in [3.05, 3.63) is 30.0 Å². The van der Waals surface area contributed by atoms with Gasteiger partial charge in [0.05, 0.1) is 11.0 Å². The van der Waals surface area contributed by atoms with Crippen LogP contribution in [0.3, 0.4) is 0 Å². The standard InChI is InChI=1S/C27H37F2N3O/c1-4-20-17(2)32(3)16-24(20)33-26-25(30-22-10-5-6-11-23(22)31-26)27(28,29)14-8-7-9-18-12-13-19-15-21(18)19/h5-6,10-11,17-21,24H,4,7-9,12-16H2,1-3H3/t17?,18?,19?,20-,21?,24-/m0/s1. The Hall–Kier alpha value is -1.82. The molecule has 0 bridgehead atoms. The number of hydrogen-bond donors (Lipinski definition) is 0. The van der Waals surface area contributed by atoms with E-state index in [1.807, 2.05) is 18.2 Å². The Balaban J connectivity index is 1.33. The Labute approximate surface area is 196 Å². The molecule has 33 heavy (non-hydrogen) atoms. The summed E-state index contributed by atoms with van der Waals surface area (Å²) in [5.41, 5.74) is 0.801. The van der Waals surface area contributed by atoms with Gasteiger partial charge in [-0.05, 0) is 76.0 Å². The van der Waals surface area contributed by atoms with Crippen LogP contribution in [-0.2, 0) is 5.92 Å². The second-order valence-corrected chi connectivity index (χ2v) is 10.7. The van der Waals surface area contributed by atoms with Crippen molar-refractivity contribution in [2.75, 3.05) is 13.6 Å². The fourth-order valence-electron chi connectivity index (χ4n) is 6.45. The molecule has 2 aliphatic carbocycles. The molecule has 2 saturated carbocycles. The minimum atomic E-state index is -3.05. The lowest BCUT2D eigenvalue weighted by Crippen LogP contribution is -2.29. The quantitative estimate of drug-likeness (QED) is 0.406. The molecule has 4 nitrogen and oxygen atoms in total. The van der Waals surface area contributed by atoms with Crippen molar-refractivity contribution in [3.8, 4) is 5.88 Å². The second kappa shape index (κ2) is 9.09. The zero-order valence-corrected chi connectivity index (χ0v) is 20.1. The Kier molecular flexibility index (Phi) is 6.32. The third kappa shape index (κ3) is 4.60. The number of fused-ring (bicyclic) bond motifs is 2. The average Bonchev–Trinajstić information content (AvgIpc) is 3.39. The van der Waals surface area contributed by atoms with Crippen molar-refractivity contribution in [3.63, 3.8) is 0 Å². The van der Waals surface area contributed by atoms with Gasteiger partial charge in [0, 0.05) is 24.9 Å². The van der Waals surface area contributed by atoms with Crippen LogP contribution >= 0.6 is 0 Å². The number of aromatic nitrogens is 2. The molecule has 0 N–H and O–H groups in total. The molecule has 180 valence electrons. The van der Waals surface area contributed by atoms with E-state index >= 15 is 8.78 Å². The van der Waals surface area contributed by atoms with Crippen molar-refractivity contribution in [1.29, 1.82) is 0 Å². The van der Waals surface area contributed by atoms with Crippen LogP contribution in [0.2, 0.25) is 0 Å². The third-order valence-corrected chi connectivity index (χ3v) is 8.69. The van der Waals surface area contributed by atoms with Crippen LogP contribution in [0.5, 0.6) is 5.88 Å². The highest BCUT2D eigenvalue weighted by atomic mass is 19.3. The van der Waals surface area contributed by atoms with E-state index < -0.39 is 5.92 Å². The maximum atomic E-state index is 15.5. The number of benzene rings is 1. The number of nitrogens with zero attached hydrogens (tertiary/aromatic N) is 3. The van der Waals surface area contributed by atoms with Crippen LogP contribution in [0.4, 0.5) is 8.78 Å². The number of likely N-dealkylation sites (tertiary alicyclic amines) is 1. The average molecular weight is 458 g/mol. The van der Waals surface area contributed by atoms with E-state index in [0.717, 1.165) is 37.0 Å². The van der Waals surface area contributed by atoms with Gasteiger partial charge in [-0.15, -0.1) is 0 Å². The van der Waals surface area contributed by atoms with Gasteiger partial charge in [-0.1, -0.05) is 31.9 Å². The van der Waals surface area contributed by atoms with Gasteiger partial charge in [0.15, 0.2) is 5.69 Å². The van der Waals surface area contributed by atoms with Gasteiger partial charge in [0.25, 0.3) is 5.92 Å². The van der Waals surface area contributed by atoms with E-state index in [0.29, 0.717) is 30.0 Å². The zero-order chi connectivity index (χ0) is 23.2. The summed E-state index contributed by atoms with van der Waals surface area (Å²) in [5.74, 6) is -0.135. The third-order valence-electron chi connectivity index (χ3n) is 8.69. The van der Waals surface area contributed by atoms with Gasteiger partial charge in [-0.2, -0.15) is 8.78 Å². The Morgan fingerprint density at radius 1 is 1.12 bits per heavy atom. The van der Waals surface area contributed by atoms with Gasteiger partial charge < -0.3 is 4.74 Å². The van der Waals surface area contributed by atoms with Crippen LogP contribution in [0.1, 0.15) is 70.9 Å². The van der Waals surface area contributed by atoms with Crippen LogP contribution in [0.15, 0.2) is 24.3 Å². The van der Waals surface area contributed by atoms with Gasteiger partial charge >= 0.3 is 0 Å². The zero-order valence-electron chi connectivity index (χ0n) is 20.1. The molecule has 0 radical (unpaired) electrons. The molecule has 3 fully saturated rings. The molecule has 2 heterocycles. The maximum absolute atomic E-state index is 15.5. The van der Waals surface area contributed by atoms with E-state index in [2.05, 4.69) is 35.8 Å². The second-order valence-electron chi connectivity index (χ2n) is 10.7. The smallest absolute Gasteiger partial charge is 0.295 e. The first kappa shape index (κ1) is 22.9. The summed E-state index contributed by atoms with van der Waals surface area (Å²) in [6.07, 6.45) is 7.07. The van der Waals surface area contributed by atoms with Crippen molar-refractivity contribution in [2.45, 2.75) is 83.3 Å². The molecule has 1 aromatic carbocycles. The van der Waals surface area contributed by atoms with Gasteiger partial charge in [0.1, 0.15) is 6.10 Å². The number of rotatable bonds is 9. The van der Waals surface area contributed by atoms with E-state index in [-0.39, 0.29) is 30.0 Å².